The van der Waals surface area contributed by atoms with Gasteiger partial charge in [-0.3, -0.25) is 0 Å². The predicted molar refractivity (Wildman–Crippen MR) is 114 cm³/mol. The van der Waals surface area contributed by atoms with Crippen LogP contribution in [0, 0.1) is 5.82 Å². The third-order valence-corrected chi connectivity index (χ3v) is 6.36. The summed E-state index contributed by atoms with van der Waals surface area (Å²) in [7, 11) is 0. The van der Waals surface area contributed by atoms with Crippen molar-refractivity contribution in [2.45, 2.75) is 26.7 Å². The number of nitrogens with zero attached hydrogens (tertiary/aromatic N) is 4. The van der Waals surface area contributed by atoms with Gasteiger partial charge in [0.15, 0.2) is 11.6 Å². The second-order valence-electron chi connectivity index (χ2n) is 6.26. The Morgan fingerprint density at radius 3 is 2.89 bits per heavy atom. The van der Waals surface area contributed by atoms with E-state index < -0.39 is 21.0 Å². The van der Waals surface area contributed by atoms with E-state index in [0.717, 1.165) is 39.3 Å². The highest BCUT2D eigenvalue weighted by atomic mass is 127. The number of fused-ring (bicyclic) bond motifs is 1. The number of allylic oxidation sites excluding steroid dienone is 3. The van der Waals surface area contributed by atoms with E-state index in [4.69, 9.17) is 4.98 Å². The van der Waals surface area contributed by atoms with Crippen molar-refractivity contribution in [2.24, 2.45) is 3.15 Å². The molecule has 0 unspecified atom stereocenters. The molecule has 0 amide bonds. The molecule has 0 fully saturated rings. The lowest BCUT2D eigenvalue weighted by atomic mass is 10.1. The Morgan fingerprint density at radius 2 is 2.15 bits per heavy atom. The first-order valence-electron chi connectivity index (χ1n) is 8.78. The number of aryl methyl sites for hydroxylation is 1. The first-order chi connectivity index (χ1) is 13.2. The minimum absolute atomic E-state index is 0.230. The lowest BCUT2D eigenvalue weighted by Gasteiger charge is -2.09. The maximum absolute atomic E-state index is 14.7. The van der Waals surface area contributed by atoms with E-state index in [1.54, 1.807) is 6.20 Å². The van der Waals surface area contributed by atoms with Crippen molar-refractivity contribution in [3.63, 3.8) is 0 Å². The molecule has 27 heavy (non-hydrogen) atoms. The van der Waals surface area contributed by atoms with Crippen LogP contribution in [-0.2, 0) is 6.42 Å². The number of imidazole rings is 1. The van der Waals surface area contributed by atoms with Gasteiger partial charge in [0.1, 0.15) is 5.65 Å². The molecule has 0 radical (unpaired) electrons. The largest absolute Gasteiger partial charge is 0.332 e. The van der Waals surface area contributed by atoms with E-state index in [1.807, 2.05) is 43.5 Å². The number of hydrogen-bond acceptors (Lipinski definition) is 4. The minimum Gasteiger partial charge on any atom is -0.332 e. The SMILES string of the molecule is CCCc1c(-c2cnc(NC3=CC=C(C)N=I3)c(F)c2)nc2ccccn12. The van der Waals surface area contributed by atoms with Crippen LogP contribution in [0.3, 0.4) is 0 Å². The fourth-order valence-electron chi connectivity index (χ4n) is 2.95. The topological polar surface area (TPSA) is 54.6 Å². The summed E-state index contributed by atoms with van der Waals surface area (Å²) in [4.78, 5) is 9.02. The predicted octanol–water partition coefficient (Wildman–Crippen LogP) is 5.81. The average Bonchev–Trinajstić information content (AvgIpc) is 3.04. The van der Waals surface area contributed by atoms with Crippen molar-refractivity contribution in [3.05, 3.63) is 69.7 Å². The zero-order valence-corrected chi connectivity index (χ0v) is 17.2. The molecule has 0 saturated heterocycles. The van der Waals surface area contributed by atoms with Crippen molar-refractivity contribution >= 4 is 32.5 Å². The van der Waals surface area contributed by atoms with E-state index in [0.29, 0.717) is 5.56 Å². The van der Waals surface area contributed by atoms with Gasteiger partial charge in [-0.25, -0.2) is 17.5 Å². The fourth-order valence-corrected chi connectivity index (χ4v) is 4.47. The standard InChI is InChI=1S/C20H19FIN5/c1-3-6-16-19(25-18-7-4-5-10-27(16)18)14-11-15(21)20(23-12-14)24-17-9-8-13(2)26-22-17/h4-5,7-12H,3,6H2,1-2H3,(H,23,24). The van der Waals surface area contributed by atoms with Gasteiger partial charge in [0, 0.05) is 44.7 Å². The monoisotopic (exact) mass is 475 g/mol. The van der Waals surface area contributed by atoms with Crippen LogP contribution in [0.15, 0.2) is 61.4 Å². The van der Waals surface area contributed by atoms with Crippen LogP contribution in [0.2, 0.25) is 0 Å². The zero-order chi connectivity index (χ0) is 18.8. The van der Waals surface area contributed by atoms with Gasteiger partial charge in [0.25, 0.3) is 0 Å². The van der Waals surface area contributed by atoms with E-state index >= 15 is 0 Å². The van der Waals surface area contributed by atoms with Gasteiger partial charge in [0.2, 0.25) is 0 Å². The number of pyridine rings is 2. The first-order valence-corrected chi connectivity index (χ1v) is 10.8. The molecule has 0 saturated carbocycles. The van der Waals surface area contributed by atoms with Gasteiger partial charge >= 0.3 is 0 Å². The molecule has 5 nitrogen and oxygen atoms in total. The van der Waals surface area contributed by atoms with Gasteiger partial charge in [-0.1, -0.05) is 19.4 Å². The summed E-state index contributed by atoms with van der Waals surface area (Å²) < 4.78 is 22.2. The van der Waals surface area contributed by atoms with Crippen molar-refractivity contribution in [2.75, 3.05) is 5.32 Å². The van der Waals surface area contributed by atoms with E-state index in [1.165, 1.54) is 6.07 Å². The highest BCUT2D eigenvalue weighted by Gasteiger charge is 2.16. The molecular formula is C20H19FIN5. The van der Waals surface area contributed by atoms with Gasteiger partial charge in [-0.2, -0.15) is 0 Å². The third kappa shape index (κ3) is 3.69. The fraction of sp³-hybridized carbons (Fsp3) is 0.200. The first kappa shape index (κ1) is 18.0. The molecule has 3 aromatic heterocycles. The van der Waals surface area contributed by atoms with Crippen LogP contribution in [0.1, 0.15) is 26.0 Å². The van der Waals surface area contributed by atoms with Crippen LogP contribution in [-0.4, -0.2) is 14.4 Å². The number of hydrogen-bond donors (Lipinski definition) is 1. The lowest BCUT2D eigenvalue weighted by Crippen LogP contribution is -2.01. The molecule has 7 heteroatoms. The molecule has 0 aromatic carbocycles. The van der Waals surface area contributed by atoms with Crippen molar-refractivity contribution in [1.82, 2.24) is 14.4 Å². The Bertz CT molecular complexity index is 1100. The number of anilines is 1. The number of aromatic nitrogens is 3. The van der Waals surface area contributed by atoms with Crippen LogP contribution >= 0.6 is 21.0 Å². The molecule has 0 bridgehead atoms. The van der Waals surface area contributed by atoms with Crippen LogP contribution < -0.4 is 5.32 Å². The molecule has 1 aliphatic heterocycles. The van der Waals surface area contributed by atoms with Crippen LogP contribution in [0.25, 0.3) is 16.9 Å². The van der Waals surface area contributed by atoms with Gasteiger partial charge in [-0.15, -0.1) is 0 Å². The zero-order valence-electron chi connectivity index (χ0n) is 15.1. The molecule has 4 rings (SSSR count). The van der Waals surface area contributed by atoms with E-state index in [-0.39, 0.29) is 11.6 Å². The molecule has 1 aliphatic rings. The second-order valence-corrected chi connectivity index (χ2v) is 8.38. The smallest absolute Gasteiger partial charge is 0.167 e. The van der Waals surface area contributed by atoms with E-state index in [9.17, 15) is 4.39 Å². The summed E-state index contributed by atoms with van der Waals surface area (Å²) >= 11 is -0.523. The molecule has 0 aliphatic carbocycles. The molecule has 3 aromatic rings. The highest BCUT2D eigenvalue weighted by molar-refractivity contribution is 14.2. The molecule has 0 atom stereocenters. The summed E-state index contributed by atoms with van der Waals surface area (Å²) in [5.74, 6) is -0.156. The van der Waals surface area contributed by atoms with Gasteiger partial charge in [0.05, 0.1) is 15.1 Å². The summed E-state index contributed by atoms with van der Waals surface area (Å²) in [5, 5.41) is 3.07. The van der Waals surface area contributed by atoms with Crippen molar-refractivity contribution in [1.29, 1.82) is 0 Å². The van der Waals surface area contributed by atoms with Gasteiger partial charge < -0.3 is 9.72 Å². The Balaban J connectivity index is 1.70. The number of halogens is 2. The Labute approximate surface area is 167 Å². The average molecular weight is 475 g/mol. The normalized spacial score (nSPS) is 13.9. The Hall–Kier alpha value is -2.42. The third-order valence-electron chi connectivity index (χ3n) is 4.21. The Morgan fingerprint density at radius 1 is 1.26 bits per heavy atom. The van der Waals surface area contributed by atoms with Crippen molar-refractivity contribution < 1.29 is 4.39 Å². The minimum atomic E-state index is -0.523. The number of nitrogens with one attached hydrogen (secondary N) is 1. The van der Waals surface area contributed by atoms with Gasteiger partial charge in [-0.05, 0) is 43.7 Å². The molecule has 0 spiro atoms. The summed E-state index contributed by atoms with van der Waals surface area (Å²) in [6.45, 7) is 4.09. The molecule has 138 valence electrons. The van der Waals surface area contributed by atoms with E-state index in [2.05, 4.69) is 24.8 Å². The van der Waals surface area contributed by atoms with Crippen LogP contribution in [0.5, 0.6) is 0 Å². The molecule has 4 heterocycles. The lowest BCUT2D eigenvalue weighted by molar-refractivity contribution is 0.627. The summed E-state index contributed by atoms with van der Waals surface area (Å²) in [6.07, 6.45) is 9.41. The number of rotatable bonds is 5. The molecule has 1 N–H and O–H groups in total. The van der Waals surface area contributed by atoms with Crippen molar-refractivity contribution in [3.8, 4) is 11.3 Å². The molecular weight excluding hydrogens is 456 g/mol. The van der Waals surface area contributed by atoms with Crippen LogP contribution in [0.4, 0.5) is 10.2 Å². The highest BCUT2D eigenvalue weighted by Crippen LogP contribution is 2.30. The summed E-state index contributed by atoms with van der Waals surface area (Å²) in [5.41, 5.74) is 4.43. The maximum atomic E-state index is 14.7. The maximum Gasteiger partial charge on any atom is 0.167 e. The quantitative estimate of drug-likeness (QED) is 0.374. The Kier molecular flexibility index (Phi) is 5.11. The second kappa shape index (κ2) is 7.67. The summed E-state index contributed by atoms with van der Waals surface area (Å²) in [6, 6.07) is 7.40.